The first kappa shape index (κ1) is 26.8. The lowest BCUT2D eigenvalue weighted by Gasteiger charge is -2.31. The summed E-state index contributed by atoms with van der Waals surface area (Å²) in [5.41, 5.74) is 3.90. The predicted octanol–water partition coefficient (Wildman–Crippen LogP) is 4.85. The summed E-state index contributed by atoms with van der Waals surface area (Å²) >= 11 is 0. The molecule has 1 saturated heterocycles. The van der Waals surface area contributed by atoms with E-state index in [1.807, 2.05) is 60.7 Å². The molecule has 2 aromatic rings. The minimum absolute atomic E-state index is 0.127. The first-order valence-electron chi connectivity index (χ1n) is 13.6. The van der Waals surface area contributed by atoms with Gasteiger partial charge >= 0.3 is 0 Å². The number of nitrogens with one attached hydrogen (secondary N) is 1. The number of allylic oxidation sites excluding steroid dienone is 4. The summed E-state index contributed by atoms with van der Waals surface area (Å²) in [7, 11) is 1.61. The van der Waals surface area contributed by atoms with Gasteiger partial charge in [0.2, 0.25) is 5.91 Å². The fourth-order valence-corrected chi connectivity index (χ4v) is 5.21. The maximum Gasteiger partial charge on any atom is 0.224 e. The molecule has 3 aliphatic rings. The van der Waals surface area contributed by atoms with Crippen molar-refractivity contribution in [3.63, 3.8) is 0 Å². The zero-order valence-electron chi connectivity index (χ0n) is 22.3. The summed E-state index contributed by atoms with van der Waals surface area (Å²) < 4.78 is 17.3. The van der Waals surface area contributed by atoms with Crippen LogP contribution in [0.15, 0.2) is 96.4 Å². The van der Waals surface area contributed by atoms with Gasteiger partial charge in [-0.15, -0.1) is 0 Å². The number of hydrogen-bond donors (Lipinski definition) is 2. The fourth-order valence-electron chi connectivity index (χ4n) is 5.21. The number of rotatable bonds is 10. The molecule has 2 heterocycles. The molecule has 7 heteroatoms. The Balaban J connectivity index is 1.28. The number of amides is 1. The monoisotopic (exact) mass is 528 g/mol. The molecule has 1 aliphatic carbocycles. The van der Waals surface area contributed by atoms with Gasteiger partial charge in [-0.25, -0.2) is 0 Å². The van der Waals surface area contributed by atoms with Gasteiger partial charge in [-0.3, -0.25) is 4.79 Å². The number of hydrogen-bond acceptors (Lipinski definition) is 6. The molecule has 2 atom stereocenters. The Hall–Kier alpha value is -3.81. The van der Waals surface area contributed by atoms with E-state index in [1.165, 1.54) is 6.26 Å². The second kappa shape index (κ2) is 12.8. The molecule has 2 N–H and O–H groups in total. The Bertz CT molecular complexity index is 1270. The predicted molar refractivity (Wildman–Crippen MR) is 151 cm³/mol. The molecule has 0 aromatic heterocycles. The molecule has 0 unspecified atom stereocenters. The Morgan fingerprint density at radius 1 is 1.10 bits per heavy atom. The summed E-state index contributed by atoms with van der Waals surface area (Å²) in [6, 6.07) is 15.4. The number of ether oxygens (including phenoxy) is 3. The third-order valence-corrected chi connectivity index (χ3v) is 7.34. The van der Waals surface area contributed by atoms with Crippen LogP contribution in [0.4, 0.5) is 0 Å². The van der Waals surface area contributed by atoms with Gasteiger partial charge in [0.25, 0.3) is 0 Å². The normalized spacial score (nSPS) is 18.7. The molecule has 7 nitrogen and oxygen atoms in total. The van der Waals surface area contributed by atoms with Crippen molar-refractivity contribution in [2.45, 2.75) is 44.2 Å². The van der Waals surface area contributed by atoms with Gasteiger partial charge in [0.15, 0.2) is 11.5 Å². The number of nitrogens with zero attached hydrogens (tertiary/aromatic N) is 1. The fraction of sp³-hybridized carbons (Fsp3) is 0.344. The summed E-state index contributed by atoms with van der Waals surface area (Å²) in [5, 5.41) is 14.5. The molecule has 1 amide bonds. The summed E-state index contributed by atoms with van der Waals surface area (Å²) in [6.07, 6.45) is 12.1. The zero-order valence-corrected chi connectivity index (χ0v) is 22.3. The van der Waals surface area contributed by atoms with Crippen molar-refractivity contribution in [3.05, 3.63) is 102 Å². The number of likely N-dealkylation sites (tertiary alicyclic amines) is 1. The van der Waals surface area contributed by atoms with Gasteiger partial charge in [0, 0.05) is 12.1 Å². The minimum atomic E-state index is -1.07. The summed E-state index contributed by atoms with van der Waals surface area (Å²) in [6.45, 7) is 2.39. The average Bonchev–Trinajstić information content (AvgIpc) is 3.51. The van der Waals surface area contributed by atoms with Crippen LogP contribution in [0.2, 0.25) is 0 Å². The molecule has 0 bridgehead atoms. The lowest BCUT2D eigenvalue weighted by molar-refractivity contribution is -0.122. The molecule has 39 heavy (non-hydrogen) atoms. The molecule has 2 aromatic carbocycles. The lowest BCUT2D eigenvalue weighted by atomic mass is 10.0. The highest BCUT2D eigenvalue weighted by Crippen LogP contribution is 2.29. The molecule has 0 spiro atoms. The van der Waals surface area contributed by atoms with Crippen molar-refractivity contribution in [3.8, 4) is 16.9 Å². The number of methoxy groups -OCH3 is 1. The van der Waals surface area contributed by atoms with Crippen molar-refractivity contribution in [1.29, 1.82) is 0 Å². The average molecular weight is 529 g/mol. The van der Waals surface area contributed by atoms with Gasteiger partial charge in [-0.1, -0.05) is 60.7 Å². The van der Waals surface area contributed by atoms with Crippen LogP contribution in [0, 0.1) is 0 Å². The van der Waals surface area contributed by atoms with E-state index in [4.69, 9.17) is 14.2 Å². The van der Waals surface area contributed by atoms with Crippen LogP contribution < -0.4 is 10.1 Å². The zero-order chi connectivity index (χ0) is 27.0. The van der Waals surface area contributed by atoms with Crippen molar-refractivity contribution < 1.29 is 24.1 Å². The second-order valence-corrected chi connectivity index (χ2v) is 10.1. The number of aliphatic hydroxyl groups is 1. The number of aliphatic hydroxyl groups excluding tert-OH is 1. The first-order chi connectivity index (χ1) is 19.1. The minimum Gasteiger partial charge on any atom is -0.496 e. The van der Waals surface area contributed by atoms with Crippen LogP contribution in [0.25, 0.3) is 11.1 Å². The van der Waals surface area contributed by atoms with E-state index >= 15 is 0 Å². The SMILES string of the molecule is COc1cc(-c2ccccc2)ccc1CC(=O)N[C@H](CN1CCCC1)[C@@H](O)C1=COC=C(C2=CC=CCC2)O1. The topological polar surface area (TPSA) is 80.3 Å². The van der Waals surface area contributed by atoms with Gasteiger partial charge in [0.05, 0.1) is 19.6 Å². The van der Waals surface area contributed by atoms with Gasteiger partial charge < -0.3 is 29.5 Å². The number of carbonyl (C=O) groups excluding carboxylic acids is 1. The molecular weight excluding hydrogens is 492 g/mol. The van der Waals surface area contributed by atoms with Crippen molar-refractivity contribution in [2.75, 3.05) is 26.7 Å². The quantitative estimate of drug-likeness (QED) is 0.459. The second-order valence-electron chi connectivity index (χ2n) is 10.1. The first-order valence-corrected chi connectivity index (χ1v) is 13.6. The van der Waals surface area contributed by atoms with E-state index in [0.717, 1.165) is 61.0 Å². The van der Waals surface area contributed by atoms with Gasteiger partial charge in [-0.05, 0) is 61.5 Å². The molecule has 204 valence electrons. The summed E-state index contributed by atoms with van der Waals surface area (Å²) in [5.74, 6) is 1.33. The molecule has 0 saturated carbocycles. The molecule has 2 aliphatic heterocycles. The molecular formula is C32H36N2O5. The highest BCUT2D eigenvalue weighted by Gasteiger charge is 2.31. The van der Waals surface area contributed by atoms with Crippen LogP contribution in [-0.4, -0.2) is 54.8 Å². The standard InChI is InChI=1S/C32H36N2O5/c1-37-28-18-25(23-10-4-2-5-11-23)14-15-26(28)19-31(35)33-27(20-34-16-8-9-17-34)32(36)30-22-38-21-29(39-30)24-12-6-3-7-13-24/h2-6,10-12,14-15,18,21-22,27,32,36H,7-9,13,16-17,19-20H2,1H3,(H,33,35)/t27-,32-/m1/s1. The lowest BCUT2D eigenvalue weighted by Crippen LogP contribution is -2.51. The van der Waals surface area contributed by atoms with E-state index in [0.29, 0.717) is 18.1 Å². The molecule has 0 radical (unpaired) electrons. The van der Waals surface area contributed by atoms with Crippen molar-refractivity contribution in [1.82, 2.24) is 10.2 Å². The van der Waals surface area contributed by atoms with Crippen LogP contribution in [0.1, 0.15) is 31.2 Å². The van der Waals surface area contributed by atoms with Crippen molar-refractivity contribution in [2.24, 2.45) is 0 Å². The van der Waals surface area contributed by atoms with Gasteiger partial charge in [-0.2, -0.15) is 0 Å². The Morgan fingerprint density at radius 2 is 1.92 bits per heavy atom. The Kier molecular flexibility index (Phi) is 8.81. The van der Waals surface area contributed by atoms with Crippen LogP contribution in [-0.2, 0) is 20.7 Å². The van der Waals surface area contributed by atoms with E-state index < -0.39 is 12.1 Å². The largest absolute Gasteiger partial charge is 0.496 e. The third kappa shape index (κ3) is 6.80. The van der Waals surface area contributed by atoms with E-state index in [-0.39, 0.29) is 18.1 Å². The molecule has 1 fully saturated rings. The maximum absolute atomic E-state index is 13.3. The van der Waals surface area contributed by atoms with Crippen LogP contribution in [0.5, 0.6) is 5.75 Å². The Labute approximate surface area is 230 Å². The highest BCUT2D eigenvalue weighted by atomic mass is 16.6. The summed E-state index contributed by atoms with van der Waals surface area (Å²) in [4.78, 5) is 15.6. The van der Waals surface area contributed by atoms with E-state index in [2.05, 4.69) is 16.3 Å². The highest BCUT2D eigenvalue weighted by molar-refractivity contribution is 5.80. The maximum atomic E-state index is 13.3. The third-order valence-electron chi connectivity index (χ3n) is 7.34. The molecule has 5 rings (SSSR count). The Morgan fingerprint density at radius 3 is 2.67 bits per heavy atom. The van der Waals surface area contributed by atoms with Crippen molar-refractivity contribution >= 4 is 5.91 Å². The van der Waals surface area contributed by atoms with Crippen LogP contribution in [0.3, 0.4) is 0 Å². The van der Waals surface area contributed by atoms with Gasteiger partial charge in [0.1, 0.15) is 24.4 Å². The van der Waals surface area contributed by atoms with E-state index in [9.17, 15) is 9.90 Å². The van der Waals surface area contributed by atoms with Crippen LogP contribution >= 0.6 is 0 Å². The number of carbonyl (C=O) groups is 1. The van der Waals surface area contributed by atoms with E-state index in [1.54, 1.807) is 13.4 Å². The smallest absolute Gasteiger partial charge is 0.224 e. The number of benzene rings is 2.